The molecule has 0 aliphatic carbocycles. The van der Waals surface area contributed by atoms with Crippen molar-refractivity contribution in [3.8, 4) is 11.8 Å². The summed E-state index contributed by atoms with van der Waals surface area (Å²) >= 11 is 11.6. The molecule has 160 valence electrons. The van der Waals surface area contributed by atoms with Gasteiger partial charge in [-0.15, -0.1) is 0 Å². The van der Waals surface area contributed by atoms with Crippen LogP contribution in [0.15, 0.2) is 36.4 Å². The lowest BCUT2D eigenvalue weighted by Gasteiger charge is -2.26. The van der Waals surface area contributed by atoms with Crippen LogP contribution >= 0.6 is 23.2 Å². The summed E-state index contributed by atoms with van der Waals surface area (Å²) in [6.45, 7) is 6.78. The number of carbonyl (C=O) groups is 1. The Morgan fingerprint density at radius 2 is 1.60 bits per heavy atom. The second-order valence-electron chi connectivity index (χ2n) is 7.65. The Hall–Kier alpha value is -2.20. The highest BCUT2D eigenvalue weighted by Crippen LogP contribution is 2.40. The molecule has 0 aromatic heterocycles. The summed E-state index contributed by atoms with van der Waals surface area (Å²) in [5.74, 6) is 3.65. The molecule has 2 aromatic rings. The van der Waals surface area contributed by atoms with Gasteiger partial charge in [0.05, 0.1) is 5.56 Å². The second kappa shape index (κ2) is 8.50. The molecular formula is C22H19Cl2F3O3. The summed E-state index contributed by atoms with van der Waals surface area (Å²) < 4.78 is 46.3. The van der Waals surface area contributed by atoms with Crippen molar-refractivity contribution in [2.75, 3.05) is 0 Å². The van der Waals surface area contributed by atoms with Crippen LogP contribution in [0.4, 0.5) is 13.2 Å². The number of esters is 1. The molecule has 8 heteroatoms. The molecule has 2 rings (SSSR count). The second-order valence-corrected chi connectivity index (χ2v) is 8.52. The van der Waals surface area contributed by atoms with E-state index < -0.39 is 28.9 Å². The number of aliphatic hydroxyl groups is 1. The van der Waals surface area contributed by atoms with Crippen molar-refractivity contribution in [1.82, 2.24) is 0 Å². The van der Waals surface area contributed by atoms with Crippen LogP contribution in [0.3, 0.4) is 0 Å². The van der Waals surface area contributed by atoms with Gasteiger partial charge in [0, 0.05) is 21.2 Å². The Labute approximate surface area is 182 Å². The minimum Gasteiger partial charge on any atom is -0.456 e. The summed E-state index contributed by atoms with van der Waals surface area (Å²) in [6, 6.07) is 7.37. The molecular weight excluding hydrogens is 440 g/mol. The van der Waals surface area contributed by atoms with E-state index in [1.807, 2.05) is 5.92 Å². The summed E-state index contributed by atoms with van der Waals surface area (Å²) in [4.78, 5) is 12.2. The zero-order valence-corrected chi connectivity index (χ0v) is 18.1. The molecule has 0 radical (unpaired) electrons. The Kier molecular flexibility index (Phi) is 6.82. The van der Waals surface area contributed by atoms with E-state index in [0.717, 1.165) is 12.1 Å². The Bertz CT molecular complexity index is 1010. The smallest absolute Gasteiger partial charge is 0.433 e. The quantitative estimate of drug-likeness (QED) is 0.439. The third-order valence-electron chi connectivity index (χ3n) is 3.92. The number of aryl methyl sites for hydroxylation is 1. The number of benzene rings is 2. The number of carbonyl (C=O) groups excluding carboxylic acids is 1. The van der Waals surface area contributed by atoms with Gasteiger partial charge in [0.15, 0.2) is 0 Å². The molecule has 0 bridgehead atoms. The van der Waals surface area contributed by atoms with Crippen molar-refractivity contribution >= 4 is 29.2 Å². The van der Waals surface area contributed by atoms with Gasteiger partial charge in [0.1, 0.15) is 5.60 Å². The van der Waals surface area contributed by atoms with Crippen molar-refractivity contribution in [1.29, 1.82) is 0 Å². The topological polar surface area (TPSA) is 46.5 Å². The number of halogens is 5. The molecule has 0 aliphatic rings. The minimum absolute atomic E-state index is 0.0699. The largest absolute Gasteiger partial charge is 0.456 e. The van der Waals surface area contributed by atoms with Crippen LogP contribution in [0.2, 0.25) is 10.0 Å². The van der Waals surface area contributed by atoms with Crippen molar-refractivity contribution in [2.24, 2.45) is 0 Å². The lowest BCUT2D eigenvalue weighted by molar-refractivity contribution is -0.240. The highest BCUT2D eigenvalue weighted by molar-refractivity contribution is 6.34. The van der Waals surface area contributed by atoms with Crippen LogP contribution in [-0.2, 0) is 10.3 Å². The summed E-state index contributed by atoms with van der Waals surface area (Å²) in [5, 5.41) is 10.2. The third kappa shape index (κ3) is 5.69. The van der Waals surface area contributed by atoms with Gasteiger partial charge < -0.3 is 9.84 Å². The van der Waals surface area contributed by atoms with Crippen LogP contribution in [0.1, 0.15) is 47.8 Å². The van der Waals surface area contributed by atoms with E-state index >= 15 is 0 Å². The average molecular weight is 459 g/mol. The first-order valence-corrected chi connectivity index (χ1v) is 9.51. The predicted octanol–water partition coefficient (Wildman–Crippen LogP) is 6.06. The number of alkyl halides is 3. The van der Waals surface area contributed by atoms with Gasteiger partial charge in [0.25, 0.3) is 0 Å². The fraction of sp³-hybridized carbons (Fsp3) is 0.318. The van der Waals surface area contributed by atoms with E-state index in [1.165, 1.54) is 24.3 Å². The zero-order valence-electron chi connectivity index (χ0n) is 16.6. The van der Waals surface area contributed by atoms with Gasteiger partial charge in [-0.2, -0.15) is 13.2 Å². The molecule has 0 saturated carbocycles. The zero-order chi connectivity index (χ0) is 22.9. The molecule has 3 nitrogen and oxygen atoms in total. The van der Waals surface area contributed by atoms with E-state index in [-0.39, 0.29) is 21.2 Å². The molecule has 0 aliphatic heterocycles. The minimum atomic E-state index is -5.11. The molecule has 0 amide bonds. The average Bonchev–Trinajstić information content (AvgIpc) is 2.56. The van der Waals surface area contributed by atoms with Crippen LogP contribution in [0.5, 0.6) is 0 Å². The molecule has 1 unspecified atom stereocenters. The van der Waals surface area contributed by atoms with Crippen LogP contribution in [-0.4, -0.2) is 22.9 Å². The van der Waals surface area contributed by atoms with E-state index in [2.05, 4.69) is 5.92 Å². The molecule has 2 aromatic carbocycles. The first-order valence-electron chi connectivity index (χ1n) is 8.75. The molecule has 30 heavy (non-hydrogen) atoms. The molecule has 1 atom stereocenters. The van der Waals surface area contributed by atoms with Gasteiger partial charge in [-0.3, -0.25) is 0 Å². The highest BCUT2D eigenvalue weighted by Gasteiger charge is 2.54. The Morgan fingerprint density at radius 1 is 1.03 bits per heavy atom. The van der Waals surface area contributed by atoms with Gasteiger partial charge in [-0.05, 0) is 75.6 Å². The molecule has 0 heterocycles. The van der Waals surface area contributed by atoms with E-state index in [9.17, 15) is 23.1 Å². The Balaban J connectivity index is 2.46. The fourth-order valence-electron chi connectivity index (χ4n) is 2.54. The lowest BCUT2D eigenvalue weighted by Crippen LogP contribution is -2.41. The predicted molar refractivity (Wildman–Crippen MR) is 110 cm³/mol. The van der Waals surface area contributed by atoms with Crippen molar-refractivity contribution in [3.05, 3.63) is 68.7 Å². The maximum Gasteiger partial charge on any atom is 0.433 e. The number of ether oxygens (including phenoxy) is 1. The normalized spacial score (nSPS) is 13.8. The monoisotopic (exact) mass is 458 g/mol. The van der Waals surface area contributed by atoms with Crippen LogP contribution in [0.25, 0.3) is 0 Å². The highest BCUT2D eigenvalue weighted by atomic mass is 35.5. The van der Waals surface area contributed by atoms with Crippen molar-refractivity contribution < 1.29 is 27.8 Å². The summed E-state index contributed by atoms with van der Waals surface area (Å²) in [5.41, 5.74) is -3.86. The maximum atomic E-state index is 13.7. The van der Waals surface area contributed by atoms with Crippen molar-refractivity contribution in [3.63, 3.8) is 0 Å². The standard InChI is InChI=1S/C22H19Cl2F3O3/c1-13-9-14(5-6-18(13)19(28)30-20(2,3)4)7-8-21(29,22(25,26)27)15-10-16(23)12-17(24)11-15/h5-6,9-12,29H,1-4H3. The Morgan fingerprint density at radius 3 is 2.07 bits per heavy atom. The summed E-state index contributed by atoms with van der Waals surface area (Å²) in [7, 11) is 0. The van der Waals surface area contributed by atoms with Gasteiger partial charge in [-0.25, -0.2) is 4.79 Å². The molecule has 0 spiro atoms. The SMILES string of the molecule is Cc1cc(C#CC(O)(c2cc(Cl)cc(Cl)c2)C(F)(F)F)ccc1C(=O)OC(C)(C)C. The number of hydrogen-bond acceptors (Lipinski definition) is 3. The molecule has 0 fully saturated rings. The third-order valence-corrected chi connectivity index (χ3v) is 4.36. The molecule has 0 saturated heterocycles. The van der Waals surface area contributed by atoms with Gasteiger partial charge >= 0.3 is 12.1 Å². The first-order chi connectivity index (χ1) is 13.6. The van der Waals surface area contributed by atoms with E-state index in [0.29, 0.717) is 5.56 Å². The lowest BCUT2D eigenvalue weighted by atomic mass is 9.93. The van der Waals surface area contributed by atoms with E-state index in [4.69, 9.17) is 27.9 Å². The summed E-state index contributed by atoms with van der Waals surface area (Å²) in [6.07, 6.45) is -5.11. The van der Waals surface area contributed by atoms with Gasteiger partial charge in [-0.1, -0.05) is 29.1 Å². The van der Waals surface area contributed by atoms with E-state index in [1.54, 1.807) is 27.7 Å². The fourth-order valence-corrected chi connectivity index (χ4v) is 3.06. The molecule has 1 N–H and O–H groups in total. The van der Waals surface area contributed by atoms with Gasteiger partial charge in [0.2, 0.25) is 5.60 Å². The van der Waals surface area contributed by atoms with Crippen molar-refractivity contribution in [2.45, 2.75) is 45.1 Å². The maximum absolute atomic E-state index is 13.7. The first kappa shape index (κ1) is 24.1. The number of rotatable bonds is 2. The van der Waals surface area contributed by atoms with Crippen LogP contribution in [0, 0.1) is 18.8 Å². The number of hydrogen-bond donors (Lipinski definition) is 1. The van der Waals surface area contributed by atoms with Crippen LogP contribution < -0.4 is 0 Å².